The number of rotatable bonds is 4. The third kappa shape index (κ3) is 3.26. The number of imidazole rings is 1. The summed E-state index contributed by atoms with van der Waals surface area (Å²) in [4.78, 5) is 24.5. The molecule has 0 spiro atoms. The first-order valence-corrected chi connectivity index (χ1v) is 7.34. The van der Waals surface area contributed by atoms with E-state index in [1.807, 2.05) is 17.7 Å². The molecule has 6 nitrogen and oxygen atoms in total. The lowest BCUT2D eigenvalue weighted by Crippen LogP contribution is -2.16. The molecule has 1 saturated carbocycles. The van der Waals surface area contributed by atoms with Crippen LogP contribution < -0.4 is 5.32 Å². The van der Waals surface area contributed by atoms with Crippen molar-refractivity contribution in [3.63, 3.8) is 0 Å². The Hall–Kier alpha value is -2.24. The van der Waals surface area contributed by atoms with Crippen molar-refractivity contribution in [2.24, 2.45) is 5.92 Å². The van der Waals surface area contributed by atoms with Crippen molar-refractivity contribution in [1.82, 2.24) is 19.5 Å². The van der Waals surface area contributed by atoms with Crippen LogP contribution in [0.3, 0.4) is 0 Å². The summed E-state index contributed by atoms with van der Waals surface area (Å²) in [6, 6.07) is 1.77. The van der Waals surface area contributed by atoms with Gasteiger partial charge in [0.25, 0.3) is 0 Å². The van der Waals surface area contributed by atoms with Crippen LogP contribution in [0, 0.1) is 12.8 Å². The summed E-state index contributed by atoms with van der Waals surface area (Å²) in [5.74, 6) is 2.65. The molecule has 0 aliphatic heterocycles. The molecule has 0 atom stereocenters. The van der Waals surface area contributed by atoms with E-state index in [1.54, 1.807) is 12.3 Å². The normalized spacial score (nSPS) is 15.3. The van der Waals surface area contributed by atoms with Crippen molar-refractivity contribution in [3.8, 4) is 5.82 Å². The first kappa shape index (κ1) is 13.7. The quantitative estimate of drug-likeness (QED) is 0.936. The monoisotopic (exact) mass is 285 g/mol. The third-order valence-corrected chi connectivity index (χ3v) is 3.94. The van der Waals surface area contributed by atoms with Crippen LogP contribution in [-0.4, -0.2) is 25.4 Å². The van der Waals surface area contributed by atoms with Crippen molar-refractivity contribution in [2.45, 2.75) is 39.0 Å². The minimum Gasteiger partial charge on any atom is -0.311 e. The molecule has 110 valence electrons. The number of aryl methyl sites for hydroxylation is 1. The topological polar surface area (TPSA) is 72.7 Å². The standard InChI is InChI=1S/C15H19N5O/c1-11-16-6-7-20(11)14-9-13(17-10-18-14)19-15(21)8-12-4-2-3-5-12/h6-7,9-10,12H,2-5,8H2,1H3,(H,17,18,19,21). The lowest BCUT2D eigenvalue weighted by molar-refractivity contribution is -0.117. The average molecular weight is 285 g/mol. The molecule has 0 aromatic carbocycles. The predicted octanol–water partition coefficient (Wildman–Crippen LogP) is 2.49. The van der Waals surface area contributed by atoms with E-state index in [9.17, 15) is 4.79 Å². The highest BCUT2D eigenvalue weighted by atomic mass is 16.1. The number of hydrogen-bond acceptors (Lipinski definition) is 4. The molecule has 6 heteroatoms. The number of nitrogens with zero attached hydrogens (tertiary/aromatic N) is 4. The van der Waals surface area contributed by atoms with Gasteiger partial charge in [-0.1, -0.05) is 12.8 Å². The van der Waals surface area contributed by atoms with Gasteiger partial charge in [0, 0.05) is 24.9 Å². The summed E-state index contributed by atoms with van der Waals surface area (Å²) >= 11 is 0. The number of aromatic nitrogens is 4. The van der Waals surface area contributed by atoms with Crippen molar-refractivity contribution >= 4 is 11.7 Å². The van der Waals surface area contributed by atoms with E-state index in [0.717, 1.165) is 18.7 Å². The molecule has 0 radical (unpaired) electrons. The number of hydrogen-bond donors (Lipinski definition) is 1. The Morgan fingerprint density at radius 3 is 2.86 bits per heavy atom. The lowest BCUT2D eigenvalue weighted by Gasteiger charge is -2.10. The molecule has 1 N–H and O–H groups in total. The molecule has 0 bridgehead atoms. The van der Waals surface area contributed by atoms with E-state index in [2.05, 4.69) is 20.3 Å². The van der Waals surface area contributed by atoms with E-state index in [0.29, 0.717) is 24.0 Å². The summed E-state index contributed by atoms with van der Waals surface area (Å²) < 4.78 is 1.86. The molecule has 2 aromatic heterocycles. The molecule has 1 fully saturated rings. The number of anilines is 1. The summed E-state index contributed by atoms with van der Waals surface area (Å²) in [5, 5.41) is 2.87. The fourth-order valence-electron chi connectivity index (χ4n) is 2.84. The first-order chi connectivity index (χ1) is 10.2. The number of carbonyl (C=O) groups is 1. The van der Waals surface area contributed by atoms with Gasteiger partial charge in [0.2, 0.25) is 5.91 Å². The maximum absolute atomic E-state index is 12.0. The van der Waals surface area contributed by atoms with Crippen molar-refractivity contribution < 1.29 is 4.79 Å². The second-order valence-corrected chi connectivity index (χ2v) is 5.51. The van der Waals surface area contributed by atoms with E-state index in [4.69, 9.17) is 0 Å². The fraction of sp³-hybridized carbons (Fsp3) is 0.467. The molecule has 1 aliphatic rings. The van der Waals surface area contributed by atoms with Crippen LogP contribution in [0.15, 0.2) is 24.8 Å². The molecule has 21 heavy (non-hydrogen) atoms. The highest BCUT2D eigenvalue weighted by Gasteiger charge is 2.18. The number of carbonyl (C=O) groups excluding carboxylic acids is 1. The van der Waals surface area contributed by atoms with Crippen LogP contribution in [0.25, 0.3) is 5.82 Å². The van der Waals surface area contributed by atoms with Gasteiger partial charge in [-0.05, 0) is 25.7 Å². The van der Waals surface area contributed by atoms with Crippen LogP contribution in [-0.2, 0) is 4.79 Å². The summed E-state index contributed by atoms with van der Waals surface area (Å²) in [6.45, 7) is 1.90. The zero-order chi connectivity index (χ0) is 14.7. The highest BCUT2D eigenvalue weighted by Crippen LogP contribution is 2.27. The number of amides is 1. The second-order valence-electron chi connectivity index (χ2n) is 5.51. The molecule has 3 rings (SSSR count). The summed E-state index contributed by atoms with van der Waals surface area (Å²) in [6.07, 6.45) is 10.4. The van der Waals surface area contributed by atoms with E-state index < -0.39 is 0 Å². The second kappa shape index (κ2) is 6.03. The largest absolute Gasteiger partial charge is 0.311 e. The zero-order valence-electron chi connectivity index (χ0n) is 12.1. The molecular weight excluding hydrogens is 266 g/mol. The average Bonchev–Trinajstić information content (AvgIpc) is 3.10. The lowest BCUT2D eigenvalue weighted by atomic mass is 10.0. The van der Waals surface area contributed by atoms with Gasteiger partial charge in [-0.15, -0.1) is 0 Å². The van der Waals surface area contributed by atoms with Crippen molar-refractivity contribution in [3.05, 3.63) is 30.6 Å². The summed E-state index contributed by atoms with van der Waals surface area (Å²) in [5.41, 5.74) is 0. The van der Waals surface area contributed by atoms with Gasteiger partial charge in [-0.3, -0.25) is 9.36 Å². The molecule has 1 amide bonds. The summed E-state index contributed by atoms with van der Waals surface area (Å²) in [7, 11) is 0. The SMILES string of the molecule is Cc1nccn1-c1cc(NC(=O)CC2CCCC2)ncn1. The van der Waals surface area contributed by atoms with Gasteiger partial charge < -0.3 is 5.32 Å². The Morgan fingerprint density at radius 2 is 2.14 bits per heavy atom. The Bertz CT molecular complexity index is 630. The van der Waals surface area contributed by atoms with Gasteiger partial charge in [-0.2, -0.15) is 0 Å². The molecular formula is C15H19N5O. The van der Waals surface area contributed by atoms with Crippen LogP contribution >= 0.6 is 0 Å². The van der Waals surface area contributed by atoms with Crippen molar-refractivity contribution in [2.75, 3.05) is 5.32 Å². The zero-order valence-corrected chi connectivity index (χ0v) is 12.1. The maximum atomic E-state index is 12.0. The van der Waals surface area contributed by atoms with E-state index in [1.165, 1.54) is 19.2 Å². The molecule has 0 unspecified atom stereocenters. The van der Waals surface area contributed by atoms with E-state index >= 15 is 0 Å². The minimum atomic E-state index is 0.0360. The van der Waals surface area contributed by atoms with Crippen LogP contribution in [0.4, 0.5) is 5.82 Å². The smallest absolute Gasteiger partial charge is 0.225 e. The molecule has 2 heterocycles. The van der Waals surface area contributed by atoms with Gasteiger partial charge in [0.1, 0.15) is 23.8 Å². The molecule has 0 saturated heterocycles. The van der Waals surface area contributed by atoms with Crippen molar-refractivity contribution in [1.29, 1.82) is 0 Å². The van der Waals surface area contributed by atoms with Crippen LogP contribution in [0.1, 0.15) is 37.9 Å². The van der Waals surface area contributed by atoms with E-state index in [-0.39, 0.29) is 5.91 Å². The third-order valence-electron chi connectivity index (χ3n) is 3.94. The Kier molecular flexibility index (Phi) is 3.94. The van der Waals surface area contributed by atoms with Gasteiger partial charge >= 0.3 is 0 Å². The van der Waals surface area contributed by atoms with Crippen LogP contribution in [0.2, 0.25) is 0 Å². The maximum Gasteiger partial charge on any atom is 0.225 e. The fourth-order valence-corrected chi connectivity index (χ4v) is 2.84. The predicted molar refractivity (Wildman–Crippen MR) is 79.1 cm³/mol. The number of nitrogens with one attached hydrogen (secondary N) is 1. The minimum absolute atomic E-state index is 0.0360. The highest BCUT2D eigenvalue weighted by molar-refractivity contribution is 5.90. The first-order valence-electron chi connectivity index (χ1n) is 7.34. The molecule has 2 aromatic rings. The Balaban J connectivity index is 1.68. The Labute approximate surface area is 123 Å². The van der Waals surface area contributed by atoms with Gasteiger partial charge in [-0.25, -0.2) is 15.0 Å². The van der Waals surface area contributed by atoms with Gasteiger partial charge in [0.15, 0.2) is 0 Å². The Morgan fingerprint density at radius 1 is 1.33 bits per heavy atom. The van der Waals surface area contributed by atoms with Crippen LogP contribution in [0.5, 0.6) is 0 Å². The molecule has 1 aliphatic carbocycles. The van der Waals surface area contributed by atoms with Gasteiger partial charge in [0.05, 0.1) is 0 Å².